The number of ether oxygens (including phenoxy) is 2. The molecule has 21 heavy (non-hydrogen) atoms. The summed E-state index contributed by atoms with van der Waals surface area (Å²) in [5.41, 5.74) is 7.62. The molecule has 1 atom stereocenters. The molecule has 0 bridgehead atoms. The average Bonchev–Trinajstić information content (AvgIpc) is 3.32. The maximum atomic E-state index is 6.54. The predicted molar refractivity (Wildman–Crippen MR) is 83.5 cm³/mol. The van der Waals surface area contributed by atoms with E-state index < -0.39 is 0 Å². The van der Waals surface area contributed by atoms with Gasteiger partial charge >= 0.3 is 0 Å². The second kappa shape index (κ2) is 5.95. The number of nitrogens with two attached hydrogens (primary N) is 1. The van der Waals surface area contributed by atoms with Gasteiger partial charge in [-0.05, 0) is 44.4 Å². The first-order valence-corrected chi connectivity index (χ1v) is 7.92. The van der Waals surface area contributed by atoms with Gasteiger partial charge in [0, 0.05) is 24.7 Å². The monoisotopic (exact) mass is 290 g/mol. The van der Waals surface area contributed by atoms with E-state index in [-0.39, 0.29) is 11.6 Å². The fraction of sp³-hybridized carbons (Fsp3) is 0.647. The number of rotatable bonds is 5. The van der Waals surface area contributed by atoms with E-state index in [4.69, 9.17) is 15.2 Å². The van der Waals surface area contributed by atoms with Gasteiger partial charge in [-0.15, -0.1) is 0 Å². The van der Waals surface area contributed by atoms with Gasteiger partial charge in [0.1, 0.15) is 5.75 Å². The van der Waals surface area contributed by atoms with Gasteiger partial charge in [0.15, 0.2) is 0 Å². The van der Waals surface area contributed by atoms with Crippen molar-refractivity contribution in [3.8, 4) is 5.75 Å². The molecular weight excluding hydrogens is 264 g/mol. The van der Waals surface area contributed by atoms with Crippen LogP contribution in [0.2, 0.25) is 0 Å². The summed E-state index contributed by atoms with van der Waals surface area (Å²) in [5, 5.41) is 0. The number of hydrogen-bond donors (Lipinski definition) is 1. The van der Waals surface area contributed by atoms with E-state index in [1.54, 1.807) is 0 Å². The molecule has 2 N–H and O–H groups in total. The van der Waals surface area contributed by atoms with Crippen LogP contribution >= 0.6 is 0 Å². The minimum atomic E-state index is -0.0807. The Balaban J connectivity index is 1.68. The predicted octanol–water partition coefficient (Wildman–Crippen LogP) is 2.34. The van der Waals surface area contributed by atoms with E-state index in [0.717, 1.165) is 37.6 Å². The van der Waals surface area contributed by atoms with Crippen LogP contribution in [0.1, 0.15) is 38.3 Å². The molecule has 1 saturated heterocycles. The topological polar surface area (TPSA) is 47.7 Å². The third-order valence-corrected chi connectivity index (χ3v) is 4.65. The Morgan fingerprint density at radius 3 is 2.38 bits per heavy atom. The molecule has 0 amide bonds. The lowest BCUT2D eigenvalue weighted by atomic mass is 9.87. The van der Waals surface area contributed by atoms with Gasteiger partial charge in [-0.25, -0.2) is 0 Å². The van der Waals surface area contributed by atoms with Gasteiger partial charge in [-0.3, -0.25) is 4.90 Å². The molecule has 1 heterocycles. The Morgan fingerprint density at radius 2 is 1.81 bits per heavy atom. The van der Waals surface area contributed by atoms with Crippen LogP contribution in [0.25, 0.3) is 0 Å². The number of benzene rings is 1. The van der Waals surface area contributed by atoms with Gasteiger partial charge in [0.25, 0.3) is 0 Å². The molecule has 1 aliphatic carbocycles. The summed E-state index contributed by atoms with van der Waals surface area (Å²) in [6.45, 7) is 7.93. The summed E-state index contributed by atoms with van der Waals surface area (Å²) in [4.78, 5) is 2.43. The molecule has 4 nitrogen and oxygen atoms in total. The van der Waals surface area contributed by atoms with Crippen molar-refractivity contribution in [2.75, 3.05) is 26.3 Å². The molecule has 2 aliphatic rings. The summed E-state index contributed by atoms with van der Waals surface area (Å²) in [6, 6.07) is 8.27. The first-order chi connectivity index (χ1) is 10.1. The molecule has 1 aromatic rings. The van der Waals surface area contributed by atoms with Crippen LogP contribution in [-0.4, -0.2) is 42.8 Å². The van der Waals surface area contributed by atoms with Gasteiger partial charge < -0.3 is 15.2 Å². The highest BCUT2D eigenvalue weighted by Gasteiger charge is 2.35. The Labute approximate surface area is 127 Å². The average molecular weight is 290 g/mol. The zero-order valence-corrected chi connectivity index (χ0v) is 13.0. The molecule has 1 saturated carbocycles. The standard InChI is InChI=1S/C17H26N2O2/c1-17(2,19-9-11-20-12-10-19)16(18)13-3-5-14(6-4-13)21-15-7-8-15/h3-6,15-16H,7-12,18H2,1-2H3. The van der Waals surface area contributed by atoms with Crippen molar-refractivity contribution in [1.82, 2.24) is 4.90 Å². The third kappa shape index (κ3) is 3.39. The van der Waals surface area contributed by atoms with E-state index in [2.05, 4.69) is 30.9 Å². The van der Waals surface area contributed by atoms with E-state index in [9.17, 15) is 0 Å². The van der Waals surface area contributed by atoms with Crippen molar-refractivity contribution in [3.05, 3.63) is 29.8 Å². The lowest BCUT2D eigenvalue weighted by molar-refractivity contribution is -0.0190. The minimum absolute atomic E-state index is 0.0226. The summed E-state index contributed by atoms with van der Waals surface area (Å²) in [6.07, 6.45) is 2.81. The molecule has 3 rings (SSSR count). The largest absolute Gasteiger partial charge is 0.490 e. The van der Waals surface area contributed by atoms with Crippen LogP contribution in [0.4, 0.5) is 0 Å². The smallest absolute Gasteiger partial charge is 0.119 e. The molecule has 116 valence electrons. The molecule has 2 fully saturated rings. The number of morpholine rings is 1. The summed E-state index contributed by atoms with van der Waals surface area (Å²) in [7, 11) is 0. The van der Waals surface area contributed by atoms with E-state index in [1.807, 2.05) is 12.1 Å². The van der Waals surface area contributed by atoms with Crippen LogP contribution in [0, 0.1) is 0 Å². The first kappa shape index (κ1) is 14.8. The van der Waals surface area contributed by atoms with E-state index in [0.29, 0.717) is 6.10 Å². The molecular formula is C17H26N2O2. The highest BCUT2D eigenvalue weighted by Crippen LogP contribution is 2.32. The fourth-order valence-corrected chi connectivity index (χ4v) is 2.88. The molecule has 0 radical (unpaired) electrons. The van der Waals surface area contributed by atoms with Gasteiger partial charge in [0.05, 0.1) is 19.3 Å². The van der Waals surface area contributed by atoms with Gasteiger partial charge in [-0.2, -0.15) is 0 Å². The van der Waals surface area contributed by atoms with Crippen molar-refractivity contribution >= 4 is 0 Å². The minimum Gasteiger partial charge on any atom is -0.490 e. The fourth-order valence-electron chi connectivity index (χ4n) is 2.88. The Hall–Kier alpha value is -1.10. The van der Waals surface area contributed by atoms with Crippen molar-refractivity contribution in [1.29, 1.82) is 0 Å². The SMILES string of the molecule is CC(C)(C(N)c1ccc(OC2CC2)cc1)N1CCOCC1. The van der Waals surface area contributed by atoms with E-state index >= 15 is 0 Å². The maximum Gasteiger partial charge on any atom is 0.119 e. The molecule has 1 aliphatic heterocycles. The number of hydrogen-bond acceptors (Lipinski definition) is 4. The second-order valence-electron chi connectivity index (χ2n) is 6.62. The summed E-state index contributed by atoms with van der Waals surface area (Å²) >= 11 is 0. The summed E-state index contributed by atoms with van der Waals surface area (Å²) in [5.74, 6) is 0.956. The van der Waals surface area contributed by atoms with Crippen LogP contribution < -0.4 is 10.5 Å². The van der Waals surface area contributed by atoms with E-state index in [1.165, 1.54) is 12.8 Å². The van der Waals surface area contributed by atoms with Crippen molar-refractivity contribution < 1.29 is 9.47 Å². The Kier molecular flexibility index (Phi) is 4.20. The van der Waals surface area contributed by atoms with Crippen LogP contribution in [0.5, 0.6) is 5.75 Å². The van der Waals surface area contributed by atoms with Gasteiger partial charge in [0.2, 0.25) is 0 Å². The maximum absolute atomic E-state index is 6.54. The molecule has 1 unspecified atom stereocenters. The van der Waals surface area contributed by atoms with Crippen molar-refractivity contribution in [2.24, 2.45) is 5.73 Å². The second-order valence-corrected chi connectivity index (χ2v) is 6.62. The zero-order valence-electron chi connectivity index (χ0n) is 13.0. The van der Waals surface area contributed by atoms with Crippen molar-refractivity contribution in [3.63, 3.8) is 0 Å². The van der Waals surface area contributed by atoms with Crippen LogP contribution in [0.3, 0.4) is 0 Å². The van der Waals surface area contributed by atoms with Gasteiger partial charge in [-0.1, -0.05) is 12.1 Å². The third-order valence-electron chi connectivity index (χ3n) is 4.65. The lowest BCUT2D eigenvalue weighted by Crippen LogP contribution is -2.55. The van der Waals surface area contributed by atoms with Crippen LogP contribution in [-0.2, 0) is 4.74 Å². The Bertz CT molecular complexity index is 462. The number of nitrogens with zero attached hydrogens (tertiary/aromatic N) is 1. The Morgan fingerprint density at radius 1 is 1.19 bits per heavy atom. The van der Waals surface area contributed by atoms with Crippen molar-refractivity contribution in [2.45, 2.75) is 44.4 Å². The molecule has 0 aromatic heterocycles. The molecule has 4 heteroatoms. The molecule has 0 spiro atoms. The first-order valence-electron chi connectivity index (χ1n) is 7.92. The van der Waals surface area contributed by atoms with Crippen LogP contribution in [0.15, 0.2) is 24.3 Å². The highest BCUT2D eigenvalue weighted by atomic mass is 16.5. The lowest BCUT2D eigenvalue weighted by Gasteiger charge is -2.44. The highest BCUT2D eigenvalue weighted by molar-refractivity contribution is 5.31. The summed E-state index contributed by atoms with van der Waals surface area (Å²) < 4.78 is 11.2. The quantitative estimate of drug-likeness (QED) is 0.904. The molecule has 1 aromatic carbocycles. The normalized spacial score (nSPS) is 22.0. The zero-order chi connectivity index (χ0) is 14.9.